The summed E-state index contributed by atoms with van der Waals surface area (Å²) in [7, 11) is 0. The summed E-state index contributed by atoms with van der Waals surface area (Å²) in [6.07, 6.45) is 7.64. The van der Waals surface area contributed by atoms with Crippen molar-refractivity contribution in [3.8, 4) is 0 Å². The molecule has 0 aromatic carbocycles. The lowest BCUT2D eigenvalue weighted by atomic mass is 10.3. The number of aromatic nitrogens is 2. The summed E-state index contributed by atoms with van der Waals surface area (Å²) in [6.45, 7) is 7.60. The molecule has 1 rings (SSSR count). The Morgan fingerprint density at radius 1 is 1.36 bits per heavy atom. The van der Waals surface area contributed by atoms with Gasteiger partial charge in [0.25, 0.3) is 0 Å². The molecule has 0 atom stereocenters. The Morgan fingerprint density at radius 3 is 2.79 bits per heavy atom. The molecule has 3 heteroatoms. The largest absolute Gasteiger partial charge is 0.335 e. The summed E-state index contributed by atoms with van der Waals surface area (Å²) in [4.78, 5) is 4.19. The molecule has 1 N–H and O–H groups in total. The van der Waals surface area contributed by atoms with Gasteiger partial charge in [-0.05, 0) is 32.9 Å². The molecule has 0 bridgehead atoms. The third kappa shape index (κ3) is 3.92. The molecule has 0 saturated heterocycles. The van der Waals surface area contributed by atoms with E-state index in [0.717, 1.165) is 25.5 Å². The van der Waals surface area contributed by atoms with E-state index in [0.29, 0.717) is 0 Å². The number of aryl methyl sites for hydroxylation is 2. The molecule has 0 fully saturated rings. The lowest BCUT2D eigenvalue weighted by Gasteiger charge is -2.05. The van der Waals surface area contributed by atoms with Crippen LogP contribution in [0.4, 0.5) is 0 Å². The Balaban J connectivity index is 2.02. The third-order valence-electron chi connectivity index (χ3n) is 2.38. The number of hydrogen-bond acceptors (Lipinski definition) is 2. The van der Waals surface area contributed by atoms with Crippen LogP contribution in [0.15, 0.2) is 12.4 Å². The smallest absolute Gasteiger partial charge is 0.105 e. The number of nitrogens with zero attached hydrogens (tertiary/aromatic N) is 2. The quantitative estimate of drug-likeness (QED) is 0.674. The molecule has 1 heterocycles. The van der Waals surface area contributed by atoms with Crippen molar-refractivity contribution in [1.29, 1.82) is 0 Å². The van der Waals surface area contributed by atoms with Gasteiger partial charge in [-0.15, -0.1) is 0 Å². The zero-order valence-corrected chi connectivity index (χ0v) is 9.29. The van der Waals surface area contributed by atoms with Crippen molar-refractivity contribution < 1.29 is 0 Å². The van der Waals surface area contributed by atoms with Crippen molar-refractivity contribution in [2.24, 2.45) is 0 Å². The molecule has 3 nitrogen and oxygen atoms in total. The van der Waals surface area contributed by atoms with Crippen molar-refractivity contribution in [2.75, 3.05) is 13.1 Å². The first-order valence-corrected chi connectivity index (χ1v) is 5.53. The minimum Gasteiger partial charge on any atom is -0.335 e. The van der Waals surface area contributed by atoms with Crippen molar-refractivity contribution in [3.05, 3.63) is 18.2 Å². The summed E-state index contributed by atoms with van der Waals surface area (Å²) in [5, 5.41) is 3.43. The highest BCUT2D eigenvalue weighted by Crippen LogP contribution is 1.96. The van der Waals surface area contributed by atoms with E-state index in [9.17, 15) is 0 Å². The molecule has 1 aromatic rings. The molecule has 0 aliphatic carbocycles. The molecular formula is C11H21N3. The molecule has 1 aromatic heterocycles. The van der Waals surface area contributed by atoms with E-state index in [4.69, 9.17) is 0 Å². The Morgan fingerprint density at radius 2 is 2.14 bits per heavy atom. The van der Waals surface area contributed by atoms with Gasteiger partial charge in [0.1, 0.15) is 5.82 Å². The second-order valence-electron chi connectivity index (χ2n) is 3.62. The lowest BCUT2D eigenvalue weighted by molar-refractivity contribution is 0.562. The van der Waals surface area contributed by atoms with Crippen LogP contribution in [-0.4, -0.2) is 22.6 Å². The second kappa shape index (κ2) is 6.60. The van der Waals surface area contributed by atoms with Gasteiger partial charge in [0, 0.05) is 18.9 Å². The molecule has 0 unspecified atom stereocenters. The highest BCUT2D eigenvalue weighted by atomic mass is 15.0. The van der Waals surface area contributed by atoms with Crippen LogP contribution in [0.3, 0.4) is 0 Å². The monoisotopic (exact) mass is 195 g/mol. The average molecular weight is 195 g/mol. The van der Waals surface area contributed by atoms with E-state index in [2.05, 4.69) is 21.8 Å². The fourth-order valence-electron chi connectivity index (χ4n) is 1.44. The minimum atomic E-state index is 1.07. The zero-order chi connectivity index (χ0) is 10.2. The standard InChI is InChI=1S/C11H21N3/c1-3-4-6-12-7-5-9-14-10-8-13-11(14)2/h8,10,12H,3-7,9H2,1-2H3. The normalized spacial score (nSPS) is 10.7. The topological polar surface area (TPSA) is 29.9 Å². The predicted octanol–water partition coefficient (Wildman–Crippen LogP) is 1.97. The van der Waals surface area contributed by atoms with E-state index < -0.39 is 0 Å². The van der Waals surface area contributed by atoms with Crippen LogP contribution in [0, 0.1) is 6.92 Å². The minimum absolute atomic E-state index is 1.07. The molecule has 0 amide bonds. The van der Waals surface area contributed by atoms with Crippen LogP contribution in [-0.2, 0) is 6.54 Å². The average Bonchev–Trinajstić information content (AvgIpc) is 2.58. The Labute approximate surface area is 86.5 Å². The fraction of sp³-hybridized carbons (Fsp3) is 0.727. The second-order valence-corrected chi connectivity index (χ2v) is 3.62. The van der Waals surface area contributed by atoms with Crippen molar-refractivity contribution in [1.82, 2.24) is 14.9 Å². The highest BCUT2D eigenvalue weighted by molar-refractivity contribution is 4.88. The maximum atomic E-state index is 4.19. The van der Waals surface area contributed by atoms with E-state index >= 15 is 0 Å². The van der Waals surface area contributed by atoms with Crippen molar-refractivity contribution in [3.63, 3.8) is 0 Å². The van der Waals surface area contributed by atoms with E-state index in [1.807, 2.05) is 19.3 Å². The Kier molecular flexibility index (Phi) is 5.30. The van der Waals surface area contributed by atoms with Gasteiger partial charge in [0.15, 0.2) is 0 Å². The molecule has 80 valence electrons. The van der Waals surface area contributed by atoms with Crippen LogP contribution in [0.25, 0.3) is 0 Å². The van der Waals surface area contributed by atoms with E-state index in [-0.39, 0.29) is 0 Å². The molecular weight excluding hydrogens is 174 g/mol. The molecule has 0 aliphatic rings. The van der Waals surface area contributed by atoms with Gasteiger partial charge in [-0.3, -0.25) is 0 Å². The number of nitrogens with one attached hydrogen (secondary N) is 1. The van der Waals surface area contributed by atoms with Gasteiger partial charge < -0.3 is 9.88 Å². The maximum absolute atomic E-state index is 4.19. The summed E-state index contributed by atoms with van der Waals surface area (Å²) in [5.41, 5.74) is 0. The Hall–Kier alpha value is -0.830. The molecule has 0 saturated carbocycles. The molecule has 14 heavy (non-hydrogen) atoms. The van der Waals surface area contributed by atoms with Crippen LogP contribution < -0.4 is 5.32 Å². The lowest BCUT2D eigenvalue weighted by Crippen LogP contribution is -2.18. The summed E-state index contributed by atoms with van der Waals surface area (Å²) in [5.74, 6) is 1.11. The summed E-state index contributed by atoms with van der Waals surface area (Å²) in [6, 6.07) is 0. The van der Waals surface area contributed by atoms with Crippen LogP contribution in [0.2, 0.25) is 0 Å². The first kappa shape index (κ1) is 11.2. The SMILES string of the molecule is CCCCNCCCn1ccnc1C. The predicted molar refractivity (Wildman–Crippen MR) is 59.4 cm³/mol. The van der Waals surface area contributed by atoms with Crippen LogP contribution in [0.1, 0.15) is 32.0 Å². The van der Waals surface area contributed by atoms with Gasteiger partial charge in [0.05, 0.1) is 0 Å². The fourth-order valence-corrected chi connectivity index (χ4v) is 1.44. The number of hydrogen-bond donors (Lipinski definition) is 1. The highest BCUT2D eigenvalue weighted by Gasteiger charge is 1.95. The summed E-state index contributed by atoms with van der Waals surface area (Å²) < 4.78 is 2.20. The number of imidazole rings is 1. The van der Waals surface area contributed by atoms with Gasteiger partial charge in [-0.2, -0.15) is 0 Å². The zero-order valence-electron chi connectivity index (χ0n) is 9.29. The maximum Gasteiger partial charge on any atom is 0.105 e. The van der Waals surface area contributed by atoms with E-state index in [1.54, 1.807) is 0 Å². The third-order valence-corrected chi connectivity index (χ3v) is 2.38. The summed E-state index contributed by atoms with van der Waals surface area (Å²) >= 11 is 0. The Bertz CT molecular complexity index is 242. The first-order chi connectivity index (χ1) is 6.84. The van der Waals surface area contributed by atoms with Crippen LogP contribution >= 0.6 is 0 Å². The molecule has 0 radical (unpaired) electrons. The first-order valence-electron chi connectivity index (χ1n) is 5.53. The van der Waals surface area contributed by atoms with Crippen LogP contribution in [0.5, 0.6) is 0 Å². The number of unbranched alkanes of at least 4 members (excludes halogenated alkanes) is 1. The van der Waals surface area contributed by atoms with Gasteiger partial charge in [0.2, 0.25) is 0 Å². The van der Waals surface area contributed by atoms with Crippen molar-refractivity contribution in [2.45, 2.75) is 39.7 Å². The van der Waals surface area contributed by atoms with E-state index in [1.165, 1.54) is 19.3 Å². The van der Waals surface area contributed by atoms with Crippen molar-refractivity contribution >= 4 is 0 Å². The molecule has 0 spiro atoms. The van der Waals surface area contributed by atoms with Gasteiger partial charge in [-0.1, -0.05) is 13.3 Å². The number of rotatable bonds is 7. The molecule has 0 aliphatic heterocycles. The van der Waals surface area contributed by atoms with Gasteiger partial charge >= 0.3 is 0 Å². The van der Waals surface area contributed by atoms with Gasteiger partial charge in [-0.25, -0.2) is 4.98 Å².